The highest BCUT2D eigenvalue weighted by molar-refractivity contribution is 5.89. The minimum atomic E-state index is -0.279. The molecule has 0 radical (unpaired) electrons. The van der Waals surface area contributed by atoms with E-state index in [-0.39, 0.29) is 24.5 Å². The van der Waals surface area contributed by atoms with Crippen LogP contribution in [-0.2, 0) is 9.53 Å². The molecule has 1 aliphatic carbocycles. The van der Waals surface area contributed by atoms with Crippen molar-refractivity contribution in [1.29, 1.82) is 0 Å². The van der Waals surface area contributed by atoms with E-state index >= 15 is 0 Å². The van der Waals surface area contributed by atoms with Gasteiger partial charge in [-0.25, -0.2) is 4.79 Å². The molecule has 0 atom stereocenters. The van der Waals surface area contributed by atoms with Crippen LogP contribution in [0.15, 0.2) is 30.3 Å². The summed E-state index contributed by atoms with van der Waals surface area (Å²) in [5.74, 6) is -0.279. The number of esters is 1. The van der Waals surface area contributed by atoms with E-state index in [2.05, 4.69) is 5.32 Å². The van der Waals surface area contributed by atoms with Crippen LogP contribution in [0.1, 0.15) is 51.4 Å². The molecule has 5 heteroatoms. The Labute approximate surface area is 144 Å². The number of anilines is 1. The van der Waals surface area contributed by atoms with E-state index in [4.69, 9.17) is 4.74 Å². The number of ether oxygens (including phenoxy) is 1. The zero-order valence-corrected chi connectivity index (χ0v) is 14.5. The van der Waals surface area contributed by atoms with Gasteiger partial charge in [0.15, 0.2) is 0 Å². The van der Waals surface area contributed by atoms with Gasteiger partial charge in [-0.1, -0.05) is 50.3 Å². The van der Waals surface area contributed by atoms with Gasteiger partial charge in [-0.2, -0.15) is 0 Å². The number of nitrogens with zero attached hydrogens (tertiary/aromatic N) is 1. The Balaban J connectivity index is 2.04. The Bertz CT molecular complexity index is 511. The van der Waals surface area contributed by atoms with E-state index in [1.807, 2.05) is 35.2 Å². The number of hydrogen-bond acceptors (Lipinski definition) is 3. The van der Waals surface area contributed by atoms with Gasteiger partial charge in [0.2, 0.25) is 0 Å². The molecule has 0 aromatic heterocycles. The van der Waals surface area contributed by atoms with Crippen LogP contribution in [0, 0.1) is 0 Å². The first-order valence-electron chi connectivity index (χ1n) is 8.90. The number of hydrogen-bond donors (Lipinski definition) is 1. The van der Waals surface area contributed by atoms with Gasteiger partial charge in [0.05, 0.1) is 13.5 Å². The van der Waals surface area contributed by atoms with Crippen LogP contribution in [0.25, 0.3) is 0 Å². The van der Waals surface area contributed by atoms with Crippen molar-refractivity contribution in [2.75, 3.05) is 19.0 Å². The van der Waals surface area contributed by atoms with Crippen LogP contribution in [0.5, 0.6) is 0 Å². The lowest BCUT2D eigenvalue weighted by atomic mass is 9.95. The Morgan fingerprint density at radius 1 is 1.08 bits per heavy atom. The van der Waals surface area contributed by atoms with Crippen molar-refractivity contribution in [3.05, 3.63) is 30.3 Å². The molecule has 1 aromatic carbocycles. The number of benzene rings is 1. The Hall–Kier alpha value is -2.04. The first-order chi connectivity index (χ1) is 11.7. The molecular weight excluding hydrogens is 304 g/mol. The van der Waals surface area contributed by atoms with Gasteiger partial charge in [-0.3, -0.25) is 4.79 Å². The maximum Gasteiger partial charge on any atom is 0.322 e. The minimum Gasteiger partial charge on any atom is -0.469 e. The summed E-state index contributed by atoms with van der Waals surface area (Å²) in [6.45, 7) is 0.399. The molecule has 0 aliphatic heterocycles. The number of amides is 2. The lowest BCUT2D eigenvalue weighted by molar-refractivity contribution is -0.140. The monoisotopic (exact) mass is 332 g/mol. The summed E-state index contributed by atoms with van der Waals surface area (Å²) in [4.78, 5) is 26.1. The number of nitrogens with one attached hydrogen (secondary N) is 1. The lowest BCUT2D eigenvalue weighted by Gasteiger charge is -2.33. The highest BCUT2D eigenvalue weighted by Gasteiger charge is 2.25. The molecule has 0 heterocycles. The fraction of sp³-hybridized carbons (Fsp3) is 0.579. The third kappa shape index (κ3) is 5.87. The molecule has 1 saturated carbocycles. The first-order valence-corrected chi connectivity index (χ1v) is 8.90. The summed E-state index contributed by atoms with van der Waals surface area (Å²) in [5.41, 5.74) is 0.774. The van der Waals surface area contributed by atoms with Crippen LogP contribution in [-0.4, -0.2) is 36.6 Å². The number of carbonyl (C=O) groups is 2. The average molecular weight is 332 g/mol. The normalized spacial score (nSPS) is 15.9. The van der Waals surface area contributed by atoms with Crippen molar-refractivity contribution in [3.8, 4) is 0 Å². The van der Waals surface area contributed by atoms with E-state index in [1.165, 1.54) is 26.4 Å². The SMILES string of the molecule is COC(=O)CCN(C(=O)Nc1ccccc1)C1CCCCCCC1. The average Bonchev–Trinajstić information content (AvgIpc) is 2.57. The van der Waals surface area contributed by atoms with Crippen molar-refractivity contribution < 1.29 is 14.3 Å². The van der Waals surface area contributed by atoms with Gasteiger partial charge in [0.25, 0.3) is 0 Å². The molecule has 1 aliphatic rings. The van der Waals surface area contributed by atoms with Crippen molar-refractivity contribution in [2.24, 2.45) is 0 Å². The number of methoxy groups -OCH3 is 1. The molecule has 2 rings (SSSR count). The van der Waals surface area contributed by atoms with E-state index in [0.717, 1.165) is 31.4 Å². The molecule has 24 heavy (non-hydrogen) atoms. The van der Waals surface area contributed by atoms with Gasteiger partial charge < -0.3 is 15.0 Å². The molecule has 132 valence electrons. The quantitative estimate of drug-likeness (QED) is 0.822. The van der Waals surface area contributed by atoms with E-state index < -0.39 is 0 Å². The van der Waals surface area contributed by atoms with Gasteiger partial charge in [0.1, 0.15) is 0 Å². The molecule has 5 nitrogen and oxygen atoms in total. The van der Waals surface area contributed by atoms with Crippen molar-refractivity contribution in [1.82, 2.24) is 4.90 Å². The van der Waals surface area contributed by atoms with Crippen LogP contribution in [0.2, 0.25) is 0 Å². The summed E-state index contributed by atoms with van der Waals surface area (Å²) in [6.07, 6.45) is 8.24. The highest BCUT2D eigenvalue weighted by atomic mass is 16.5. The minimum absolute atomic E-state index is 0.129. The van der Waals surface area contributed by atoms with Crippen LogP contribution >= 0.6 is 0 Å². The molecule has 0 spiro atoms. The predicted octanol–water partition coefficient (Wildman–Crippen LogP) is 4.20. The van der Waals surface area contributed by atoms with Gasteiger partial charge in [0, 0.05) is 18.3 Å². The Morgan fingerprint density at radius 3 is 2.33 bits per heavy atom. The molecule has 1 aromatic rings. The van der Waals surface area contributed by atoms with Gasteiger partial charge >= 0.3 is 12.0 Å². The molecule has 2 amide bonds. The van der Waals surface area contributed by atoms with Crippen molar-refractivity contribution in [2.45, 2.75) is 57.4 Å². The largest absolute Gasteiger partial charge is 0.469 e. The summed E-state index contributed by atoms with van der Waals surface area (Å²) in [5, 5.41) is 2.95. The maximum atomic E-state index is 12.8. The van der Waals surface area contributed by atoms with Crippen molar-refractivity contribution >= 4 is 17.7 Å². The fourth-order valence-corrected chi connectivity index (χ4v) is 3.23. The Kier molecular flexibility index (Phi) is 7.59. The molecule has 1 N–H and O–H groups in total. The topological polar surface area (TPSA) is 58.6 Å². The van der Waals surface area contributed by atoms with Crippen molar-refractivity contribution in [3.63, 3.8) is 0 Å². The zero-order valence-electron chi connectivity index (χ0n) is 14.5. The number of carbonyl (C=O) groups excluding carboxylic acids is 2. The first kappa shape index (κ1) is 18.3. The maximum absolute atomic E-state index is 12.8. The highest BCUT2D eigenvalue weighted by Crippen LogP contribution is 2.22. The Morgan fingerprint density at radius 2 is 1.71 bits per heavy atom. The van der Waals surface area contributed by atoms with E-state index in [9.17, 15) is 9.59 Å². The summed E-state index contributed by atoms with van der Waals surface area (Å²) >= 11 is 0. The zero-order chi connectivity index (χ0) is 17.2. The second-order valence-electron chi connectivity index (χ2n) is 6.31. The number of rotatable bonds is 5. The van der Waals surface area contributed by atoms with Crippen LogP contribution < -0.4 is 5.32 Å². The summed E-state index contributed by atoms with van der Waals surface area (Å²) in [6, 6.07) is 9.51. The third-order valence-electron chi connectivity index (χ3n) is 4.59. The summed E-state index contributed by atoms with van der Waals surface area (Å²) < 4.78 is 4.73. The fourth-order valence-electron chi connectivity index (χ4n) is 3.23. The van der Waals surface area contributed by atoms with Gasteiger partial charge in [-0.05, 0) is 25.0 Å². The molecule has 0 saturated heterocycles. The van der Waals surface area contributed by atoms with Gasteiger partial charge in [-0.15, -0.1) is 0 Å². The predicted molar refractivity (Wildman–Crippen MR) is 94.9 cm³/mol. The lowest BCUT2D eigenvalue weighted by Crippen LogP contribution is -2.44. The molecule has 0 bridgehead atoms. The standard InChI is InChI=1S/C19H28N2O3/c1-24-18(22)14-15-21(17-12-8-3-2-4-9-13-17)19(23)20-16-10-6-5-7-11-16/h5-7,10-11,17H,2-4,8-9,12-15H2,1H3,(H,20,23). The molecule has 0 unspecified atom stereocenters. The van der Waals surface area contributed by atoms with E-state index in [0.29, 0.717) is 6.54 Å². The number of para-hydroxylation sites is 1. The second-order valence-corrected chi connectivity index (χ2v) is 6.31. The van der Waals surface area contributed by atoms with Crippen LogP contribution in [0.4, 0.5) is 10.5 Å². The smallest absolute Gasteiger partial charge is 0.322 e. The molecular formula is C19H28N2O3. The molecule has 1 fully saturated rings. The summed E-state index contributed by atoms with van der Waals surface area (Å²) in [7, 11) is 1.38. The van der Waals surface area contributed by atoms with E-state index in [1.54, 1.807) is 0 Å². The van der Waals surface area contributed by atoms with Crippen LogP contribution in [0.3, 0.4) is 0 Å². The number of urea groups is 1. The second kappa shape index (κ2) is 9.96. The third-order valence-corrected chi connectivity index (χ3v) is 4.59.